The van der Waals surface area contributed by atoms with E-state index in [1.807, 2.05) is 20.2 Å². The van der Waals surface area contributed by atoms with Crippen molar-refractivity contribution in [3.05, 3.63) is 41.5 Å². The Labute approximate surface area is 92.4 Å². The molecule has 0 aliphatic carbocycles. The van der Waals surface area contributed by atoms with Gasteiger partial charge in [-0.1, -0.05) is 23.8 Å². The average molecular weight is 204 g/mol. The molecule has 0 saturated heterocycles. The Bertz CT molecular complexity index is 349. The molecule has 2 N–H and O–H groups in total. The molecule has 82 valence electrons. The zero-order valence-electron chi connectivity index (χ0n) is 9.99. The number of hydrogen-bond donors (Lipinski definition) is 1. The first-order valence-electron chi connectivity index (χ1n) is 5.18. The van der Waals surface area contributed by atoms with Gasteiger partial charge in [0, 0.05) is 25.8 Å². The van der Waals surface area contributed by atoms with Crippen LogP contribution in [0, 0.1) is 0 Å². The van der Waals surface area contributed by atoms with E-state index in [4.69, 9.17) is 5.73 Å². The van der Waals surface area contributed by atoms with E-state index in [0.29, 0.717) is 0 Å². The summed E-state index contributed by atoms with van der Waals surface area (Å²) in [5.74, 6) is 0. The summed E-state index contributed by atoms with van der Waals surface area (Å²) in [4.78, 5) is 2.08. The Hall–Kier alpha value is -1.28. The number of nitrogens with zero attached hydrogens (tertiary/aromatic N) is 1. The van der Waals surface area contributed by atoms with Crippen molar-refractivity contribution < 1.29 is 0 Å². The van der Waals surface area contributed by atoms with E-state index in [1.54, 1.807) is 0 Å². The number of nitrogens with two attached hydrogens (primary N) is 1. The molecule has 0 aliphatic heterocycles. The first kappa shape index (κ1) is 11.8. The molecule has 1 unspecified atom stereocenters. The molecule has 2 nitrogen and oxygen atoms in total. The Morgan fingerprint density at radius 1 is 1.33 bits per heavy atom. The van der Waals surface area contributed by atoms with Crippen LogP contribution < -0.4 is 10.6 Å². The summed E-state index contributed by atoms with van der Waals surface area (Å²) in [6.45, 7) is 4.13. The lowest BCUT2D eigenvalue weighted by atomic mass is 10.0. The topological polar surface area (TPSA) is 29.3 Å². The van der Waals surface area contributed by atoms with Crippen molar-refractivity contribution in [2.75, 3.05) is 19.0 Å². The normalized spacial score (nSPS) is 12.1. The maximum absolute atomic E-state index is 6.07. The van der Waals surface area contributed by atoms with Gasteiger partial charge in [-0.15, -0.1) is 0 Å². The number of hydrogen-bond acceptors (Lipinski definition) is 2. The van der Waals surface area contributed by atoms with Crippen LogP contribution in [0.25, 0.3) is 0 Å². The highest BCUT2D eigenvalue weighted by molar-refractivity contribution is 5.48. The number of anilines is 1. The standard InChI is InChI=1S/C13H20N2/c1-10(2)8-13(14)11-6-5-7-12(9-11)15(3)4/h5-9,13H,14H2,1-4H3. The van der Waals surface area contributed by atoms with E-state index < -0.39 is 0 Å². The van der Waals surface area contributed by atoms with Gasteiger partial charge >= 0.3 is 0 Å². The number of rotatable bonds is 3. The molecule has 0 heterocycles. The number of allylic oxidation sites excluding steroid dienone is 1. The zero-order chi connectivity index (χ0) is 11.4. The molecule has 1 aromatic rings. The molecule has 0 radical (unpaired) electrons. The van der Waals surface area contributed by atoms with E-state index >= 15 is 0 Å². The van der Waals surface area contributed by atoms with Gasteiger partial charge in [0.05, 0.1) is 0 Å². The molecule has 0 amide bonds. The summed E-state index contributed by atoms with van der Waals surface area (Å²) < 4.78 is 0. The summed E-state index contributed by atoms with van der Waals surface area (Å²) in [7, 11) is 4.07. The first-order valence-corrected chi connectivity index (χ1v) is 5.18. The van der Waals surface area contributed by atoms with Crippen molar-refractivity contribution in [2.24, 2.45) is 5.73 Å². The molecular formula is C13H20N2. The third kappa shape index (κ3) is 3.40. The lowest BCUT2D eigenvalue weighted by Gasteiger charge is -2.15. The highest BCUT2D eigenvalue weighted by atomic mass is 15.1. The molecule has 0 aliphatic rings. The molecule has 1 atom stereocenters. The van der Waals surface area contributed by atoms with Gasteiger partial charge in [0.25, 0.3) is 0 Å². The van der Waals surface area contributed by atoms with Crippen LogP contribution in [-0.4, -0.2) is 14.1 Å². The van der Waals surface area contributed by atoms with Crippen LogP contribution in [0.2, 0.25) is 0 Å². The van der Waals surface area contributed by atoms with Crippen molar-refractivity contribution >= 4 is 5.69 Å². The van der Waals surface area contributed by atoms with Crippen LogP contribution in [0.3, 0.4) is 0 Å². The molecular weight excluding hydrogens is 184 g/mol. The maximum Gasteiger partial charge on any atom is 0.0484 e. The van der Waals surface area contributed by atoms with Gasteiger partial charge in [0.1, 0.15) is 0 Å². The fourth-order valence-electron chi connectivity index (χ4n) is 1.47. The van der Waals surface area contributed by atoms with Gasteiger partial charge in [0.15, 0.2) is 0 Å². The summed E-state index contributed by atoms with van der Waals surface area (Å²) in [6, 6.07) is 8.32. The fraction of sp³-hybridized carbons (Fsp3) is 0.385. The van der Waals surface area contributed by atoms with Crippen LogP contribution in [0.1, 0.15) is 25.5 Å². The molecule has 0 saturated carbocycles. The van der Waals surface area contributed by atoms with Crippen LogP contribution in [0.5, 0.6) is 0 Å². The summed E-state index contributed by atoms with van der Waals surface area (Å²) in [5.41, 5.74) is 9.66. The molecule has 0 spiro atoms. The van der Waals surface area contributed by atoms with Gasteiger partial charge in [0.2, 0.25) is 0 Å². The van der Waals surface area contributed by atoms with Crippen molar-refractivity contribution in [1.82, 2.24) is 0 Å². The van der Waals surface area contributed by atoms with Gasteiger partial charge in [-0.3, -0.25) is 0 Å². The minimum Gasteiger partial charge on any atom is -0.378 e. The van der Waals surface area contributed by atoms with E-state index in [1.165, 1.54) is 11.3 Å². The largest absolute Gasteiger partial charge is 0.378 e. The van der Waals surface area contributed by atoms with Crippen LogP contribution >= 0.6 is 0 Å². The highest BCUT2D eigenvalue weighted by Crippen LogP contribution is 2.19. The summed E-state index contributed by atoms with van der Waals surface area (Å²) >= 11 is 0. The minimum atomic E-state index is -0.00472. The zero-order valence-corrected chi connectivity index (χ0v) is 9.99. The van der Waals surface area contributed by atoms with E-state index in [2.05, 4.69) is 43.0 Å². The summed E-state index contributed by atoms with van der Waals surface area (Å²) in [5, 5.41) is 0. The van der Waals surface area contributed by atoms with Gasteiger partial charge in [-0.05, 0) is 31.5 Å². The highest BCUT2D eigenvalue weighted by Gasteiger charge is 2.03. The van der Waals surface area contributed by atoms with E-state index in [9.17, 15) is 0 Å². The second-order valence-electron chi connectivity index (χ2n) is 4.26. The SMILES string of the molecule is CC(C)=CC(N)c1cccc(N(C)C)c1. The Morgan fingerprint density at radius 3 is 2.53 bits per heavy atom. The Morgan fingerprint density at radius 2 is 2.00 bits per heavy atom. The Kier molecular flexibility index (Phi) is 3.92. The molecule has 0 bridgehead atoms. The lowest BCUT2D eigenvalue weighted by Crippen LogP contribution is -2.11. The van der Waals surface area contributed by atoms with Gasteiger partial charge in [-0.2, -0.15) is 0 Å². The third-order valence-electron chi connectivity index (χ3n) is 2.28. The van der Waals surface area contributed by atoms with Crippen molar-refractivity contribution in [1.29, 1.82) is 0 Å². The predicted molar refractivity (Wildman–Crippen MR) is 67.1 cm³/mol. The smallest absolute Gasteiger partial charge is 0.0484 e. The average Bonchev–Trinajstić information content (AvgIpc) is 2.17. The molecule has 15 heavy (non-hydrogen) atoms. The molecule has 0 aromatic heterocycles. The van der Waals surface area contributed by atoms with E-state index in [-0.39, 0.29) is 6.04 Å². The molecule has 0 fully saturated rings. The van der Waals surface area contributed by atoms with Crippen LogP contribution in [-0.2, 0) is 0 Å². The van der Waals surface area contributed by atoms with Crippen LogP contribution in [0.15, 0.2) is 35.9 Å². The predicted octanol–water partition coefficient (Wildman–Crippen LogP) is 2.72. The third-order valence-corrected chi connectivity index (χ3v) is 2.28. The second-order valence-corrected chi connectivity index (χ2v) is 4.26. The molecule has 2 heteroatoms. The quantitative estimate of drug-likeness (QED) is 0.767. The first-order chi connectivity index (χ1) is 7.00. The Balaban J connectivity index is 2.95. The number of benzene rings is 1. The van der Waals surface area contributed by atoms with Crippen molar-refractivity contribution in [3.63, 3.8) is 0 Å². The van der Waals surface area contributed by atoms with Crippen LogP contribution in [0.4, 0.5) is 5.69 Å². The van der Waals surface area contributed by atoms with Crippen molar-refractivity contribution in [3.8, 4) is 0 Å². The minimum absolute atomic E-state index is 0.00472. The summed E-state index contributed by atoms with van der Waals surface area (Å²) in [6.07, 6.45) is 2.08. The monoisotopic (exact) mass is 204 g/mol. The van der Waals surface area contributed by atoms with Gasteiger partial charge in [-0.25, -0.2) is 0 Å². The molecule has 1 aromatic carbocycles. The van der Waals surface area contributed by atoms with Gasteiger partial charge < -0.3 is 10.6 Å². The lowest BCUT2D eigenvalue weighted by molar-refractivity contribution is 0.897. The van der Waals surface area contributed by atoms with Crippen molar-refractivity contribution in [2.45, 2.75) is 19.9 Å². The molecule has 1 rings (SSSR count). The van der Waals surface area contributed by atoms with E-state index in [0.717, 1.165) is 5.56 Å². The maximum atomic E-state index is 6.07. The second kappa shape index (κ2) is 4.99. The fourth-order valence-corrected chi connectivity index (χ4v) is 1.47.